The second-order valence-corrected chi connectivity index (χ2v) is 6.55. The molecule has 0 unspecified atom stereocenters. The fraction of sp³-hybridized carbons (Fsp3) is 0.286. The van der Waals surface area contributed by atoms with E-state index in [0.717, 1.165) is 10.6 Å². The molecular weight excluding hydrogens is 280 g/mol. The van der Waals surface area contributed by atoms with Crippen molar-refractivity contribution in [3.8, 4) is 10.6 Å². The lowest BCUT2D eigenvalue weighted by Crippen LogP contribution is -2.40. The van der Waals surface area contributed by atoms with E-state index in [2.05, 4.69) is 10.3 Å². The number of carbonyl (C=O) groups excluding carboxylic acids is 1. The van der Waals surface area contributed by atoms with Crippen molar-refractivity contribution in [3.05, 3.63) is 40.4 Å². The average Bonchev–Trinajstić information content (AvgIpc) is 2.75. The Morgan fingerprint density at radius 1 is 1.37 bits per heavy atom. The number of nitrogens with zero attached hydrogens (tertiary/aromatic N) is 1. The molecule has 100 valence electrons. The number of carbonyl (C=O) groups is 1. The Morgan fingerprint density at radius 3 is 2.74 bits per heavy atom. The van der Waals surface area contributed by atoms with E-state index in [1.807, 2.05) is 45.0 Å². The Bertz CT molecular complexity index is 601. The largest absolute Gasteiger partial charge is 0.346 e. The lowest BCUT2D eigenvalue weighted by Gasteiger charge is -2.19. The highest BCUT2D eigenvalue weighted by Gasteiger charge is 2.18. The highest BCUT2D eigenvalue weighted by molar-refractivity contribution is 7.13. The molecule has 1 aromatic heterocycles. The van der Waals surface area contributed by atoms with Gasteiger partial charge in [0, 0.05) is 21.5 Å². The first-order valence-corrected chi connectivity index (χ1v) is 7.15. The number of benzene rings is 1. The van der Waals surface area contributed by atoms with Crippen LogP contribution in [0.1, 0.15) is 31.3 Å². The monoisotopic (exact) mass is 294 g/mol. The number of hydrogen-bond donors (Lipinski definition) is 1. The molecule has 0 bridgehead atoms. The zero-order valence-corrected chi connectivity index (χ0v) is 12.6. The standard InChI is InChI=1S/C14H15ClN2OS/c1-14(2,3)17-12(18)11-8-19-13(16-11)9-5-4-6-10(15)7-9/h4-8H,1-3H3,(H,17,18). The van der Waals surface area contributed by atoms with Crippen molar-refractivity contribution in [2.45, 2.75) is 26.3 Å². The summed E-state index contributed by atoms with van der Waals surface area (Å²) >= 11 is 7.38. The maximum absolute atomic E-state index is 12.0. The van der Waals surface area contributed by atoms with E-state index < -0.39 is 0 Å². The quantitative estimate of drug-likeness (QED) is 0.910. The second kappa shape index (κ2) is 5.31. The highest BCUT2D eigenvalue weighted by Crippen LogP contribution is 2.26. The summed E-state index contributed by atoms with van der Waals surface area (Å²) in [6, 6.07) is 7.45. The van der Waals surface area contributed by atoms with Crippen LogP contribution < -0.4 is 5.32 Å². The van der Waals surface area contributed by atoms with Crippen LogP contribution in [0, 0.1) is 0 Å². The first-order valence-electron chi connectivity index (χ1n) is 5.89. The van der Waals surface area contributed by atoms with Crippen molar-refractivity contribution in [2.75, 3.05) is 0 Å². The molecule has 2 aromatic rings. The lowest BCUT2D eigenvalue weighted by atomic mass is 10.1. The lowest BCUT2D eigenvalue weighted by molar-refractivity contribution is 0.0915. The SMILES string of the molecule is CC(C)(C)NC(=O)c1csc(-c2cccc(Cl)c2)n1. The number of aromatic nitrogens is 1. The van der Waals surface area contributed by atoms with E-state index in [9.17, 15) is 4.79 Å². The van der Waals surface area contributed by atoms with Gasteiger partial charge in [0.05, 0.1) is 0 Å². The zero-order chi connectivity index (χ0) is 14.0. The number of thiazole rings is 1. The van der Waals surface area contributed by atoms with E-state index in [1.54, 1.807) is 5.38 Å². The summed E-state index contributed by atoms with van der Waals surface area (Å²) in [5.74, 6) is -0.156. The van der Waals surface area contributed by atoms with Gasteiger partial charge in [-0.05, 0) is 32.9 Å². The first kappa shape index (κ1) is 14.0. The molecule has 1 amide bonds. The number of halogens is 1. The van der Waals surface area contributed by atoms with E-state index in [-0.39, 0.29) is 11.4 Å². The average molecular weight is 295 g/mol. The zero-order valence-electron chi connectivity index (χ0n) is 11.0. The molecule has 0 fully saturated rings. The molecule has 1 N–H and O–H groups in total. The van der Waals surface area contributed by atoms with Crippen molar-refractivity contribution >= 4 is 28.8 Å². The van der Waals surface area contributed by atoms with Gasteiger partial charge in [-0.3, -0.25) is 4.79 Å². The van der Waals surface area contributed by atoms with Gasteiger partial charge in [0.15, 0.2) is 0 Å². The van der Waals surface area contributed by atoms with E-state index in [1.165, 1.54) is 11.3 Å². The fourth-order valence-corrected chi connectivity index (χ4v) is 2.52. The Labute approximate surface area is 121 Å². The Morgan fingerprint density at radius 2 is 2.11 bits per heavy atom. The highest BCUT2D eigenvalue weighted by atomic mass is 35.5. The van der Waals surface area contributed by atoms with Gasteiger partial charge in [0.25, 0.3) is 5.91 Å². The van der Waals surface area contributed by atoms with Gasteiger partial charge < -0.3 is 5.32 Å². The van der Waals surface area contributed by atoms with Crippen LogP contribution in [-0.4, -0.2) is 16.4 Å². The maximum Gasteiger partial charge on any atom is 0.271 e. The van der Waals surface area contributed by atoms with Crippen molar-refractivity contribution in [3.63, 3.8) is 0 Å². The topological polar surface area (TPSA) is 42.0 Å². The number of rotatable bonds is 2. The molecule has 0 aliphatic heterocycles. The predicted octanol–water partition coefficient (Wildman–Crippen LogP) is 3.99. The van der Waals surface area contributed by atoms with Crippen LogP contribution in [0.25, 0.3) is 10.6 Å². The van der Waals surface area contributed by atoms with Gasteiger partial charge in [0.2, 0.25) is 0 Å². The first-order chi connectivity index (χ1) is 8.85. The van der Waals surface area contributed by atoms with E-state index >= 15 is 0 Å². The normalized spacial score (nSPS) is 11.4. The van der Waals surface area contributed by atoms with Gasteiger partial charge in [-0.2, -0.15) is 0 Å². The molecule has 3 nitrogen and oxygen atoms in total. The third-order valence-corrected chi connectivity index (χ3v) is 3.42. The molecule has 0 saturated heterocycles. The predicted molar refractivity (Wildman–Crippen MR) is 79.8 cm³/mol. The van der Waals surface area contributed by atoms with Crippen molar-refractivity contribution in [2.24, 2.45) is 0 Å². The molecule has 5 heteroatoms. The number of nitrogens with one attached hydrogen (secondary N) is 1. The minimum atomic E-state index is -0.267. The summed E-state index contributed by atoms with van der Waals surface area (Å²) in [6.45, 7) is 5.82. The summed E-state index contributed by atoms with van der Waals surface area (Å²) in [6.07, 6.45) is 0. The smallest absolute Gasteiger partial charge is 0.271 e. The summed E-state index contributed by atoms with van der Waals surface area (Å²) in [5, 5.41) is 6.11. The summed E-state index contributed by atoms with van der Waals surface area (Å²) in [7, 11) is 0. The minimum absolute atomic E-state index is 0.156. The van der Waals surface area contributed by atoms with Crippen LogP contribution in [0.3, 0.4) is 0 Å². The Hall–Kier alpha value is -1.39. The maximum atomic E-state index is 12.0. The second-order valence-electron chi connectivity index (χ2n) is 5.25. The number of hydrogen-bond acceptors (Lipinski definition) is 3. The van der Waals surface area contributed by atoms with Crippen molar-refractivity contribution < 1.29 is 4.79 Å². The van der Waals surface area contributed by atoms with Gasteiger partial charge in [0.1, 0.15) is 10.7 Å². The molecule has 1 aromatic carbocycles. The Balaban J connectivity index is 2.22. The van der Waals surface area contributed by atoms with Crippen LogP contribution >= 0.6 is 22.9 Å². The van der Waals surface area contributed by atoms with Gasteiger partial charge >= 0.3 is 0 Å². The van der Waals surface area contributed by atoms with Gasteiger partial charge in [-0.15, -0.1) is 11.3 Å². The molecule has 2 rings (SSSR count). The van der Waals surface area contributed by atoms with Crippen LogP contribution in [0.4, 0.5) is 0 Å². The molecule has 0 radical (unpaired) electrons. The molecule has 0 spiro atoms. The van der Waals surface area contributed by atoms with Crippen molar-refractivity contribution in [1.29, 1.82) is 0 Å². The van der Waals surface area contributed by atoms with Crippen LogP contribution in [0.15, 0.2) is 29.6 Å². The number of amides is 1. The van der Waals surface area contributed by atoms with E-state index in [4.69, 9.17) is 11.6 Å². The molecule has 0 aliphatic rings. The summed E-state index contributed by atoms with van der Waals surface area (Å²) in [5.41, 5.74) is 1.10. The Kier molecular flexibility index (Phi) is 3.92. The third-order valence-electron chi connectivity index (χ3n) is 2.30. The third kappa shape index (κ3) is 3.78. The van der Waals surface area contributed by atoms with Crippen LogP contribution in [0.2, 0.25) is 5.02 Å². The fourth-order valence-electron chi connectivity index (χ4n) is 1.54. The molecule has 19 heavy (non-hydrogen) atoms. The molecule has 0 atom stereocenters. The van der Waals surface area contributed by atoms with Crippen LogP contribution in [-0.2, 0) is 0 Å². The molecular formula is C14H15ClN2OS. The summed E-state index contributed by atoms with van der Waals surface area (Å²) < 4.78 is 0. The minimum Gasteiger partial charge on any atom is -0.346 e. The summed E-state index contributed by atoms with van der Waals surface area (Å²) in [4.78, 5) is 16.3. The van der Waals surface area contributed by atoms with Crippen molar-refractivity contribution in [1.82, 2.24) is 10.3 Å². The molecule has 1 heterocycles. The van der Waals surface area contributed by atoms with E-state index in [0.29, 0.717) is 10.7 Å². The molecule has 0 saturated carbocycles. The van der Waals surface area contributed by atoms with Gasteiger partial charge in [-0.1, -0.05) is 23.7 Å². The molecule has 0 aliphatic carbocycles. The van der Waals surface area contributed by atoms with Crippen LogP contribution in [0.5, 0.6) is 0 Å². The van der Waals surface area contributed by atoms with Gasteiger partial charge in [-0.25, -0.2) is 4.98 Å².